The highest BCUT2D eigenvalue weighted by molar-refractivity contribution is 6.27. The molecule has 3 aromatic rings. The van der Waals surface area contributed by atoms with Gasteiger partial charge in [0.1, 0.15) is 11.6 Å². The largest absolute Gasteiger partial charge is 0.354 e. The summed E-state index contributed by atoms with van der Waals surface area (Å²) in [5, 5.41) is 4.08. The van der Waals surface area contributed by atoms with E-state index in [9.17, 15) is 9.18 Å². The summed E-state index contributed by atoms with van der Waals surface area (Å²) in [6, 6.07) is 12.0. The van der Waals surface area contributed by atoms with Crippen molar-refractivity contribution < 1.29 is 9.18 Å². The van der Waals surface area contributed by atoms with Gasteiger partial charge in [-0.05, 0) is 38.7 Å². The Morgan fingerprint density at radius 3 is 2.37 bits per heavy atom. The molecule has 1 aliphatic rings. The quantitative estimate of drug-likeness (QED) is 0.497. The molecule has 7 heteroatoms. The number of benzene rings is 2. The van der Waals surface area contributed by atoms with Gasteiger partial charge in [-0.2, -0.15) is 0 Å². The zero-order valence-corrected chi connectivity index (χ0v) is 16.7. The van der Waals surface area contributed by atoms with Crippen molar-refractivity contribution in [3.05, 3.63) is 59.4 Å². The van der Waals surface area contributed by atoms with Crippen molar-refractivity contribution in [1.82, 2.24) is 9.88 Å². The number of carbonyl (C=O) groups excluding carboxylic acids is 1. The number of hydrogen-bond acceptors (Lipinski definition) is 4. The lowest BCUT2D eigenvalue weighted by Gasteiger charge is -2.23. The molecular formula is C20H20Cl2FN3O. The Balaban J connectivity index is 0.00000131. The van der Waals surface area contributed by atoms with Gasteiger partial charge in [-0.1, -0.05) is 24.3 Å². The van der Waals surface area contributed by atoms with Crippen LogP contribution in [0.3, 0.4) is 0 Å². The standard InChI is InChI=1S/C20H18FN3O.2ClH/c1-11(24(2)3)22-20-18-17(13-6-4-5-7-14(13)19(18)25)15-9-8-12(21)10-16(15)23-20;;/h4-11H,1-3H3,(H,22,23);2*1H. The average molecular weight is 408 g/mol. The van der Waals surface area contributed by atoms with Crippen molar-refractivity contribution in [2.45, 2.75) is 13.1 Å². The highest BCUT2D eigenvalue weighted by Crippen LogP contribution is 2.43. The van der Waals surface area contributed by atoms with E-state index >= 15 is 0 Å². The van der Waals surface area contributed by atoms with E-state index in [1.165, 1.54) is 12.1 Å². The van der Waals surface area contributed by atoms with E-state index in [-0.39, 0.29) is 42.6 Å². The number of carbonyl (C=O) groups is 1. The average Bonchev–Trinajstić information content (AvgIpc) is 2.88. The molecule has 1 atom stereocenters. The first-order valence-corrected chi connectivity index (χ1v) is 8.17. The second kappa shape index (κ2) is 7.80. The van der Waals surface area contributed by atoms with Crippen molar-refractivity contribution in [3.8, 4) is 11.1 Å². The topological polar surface area (TPSA) is 45.2 Å². The van der Waals surface area contributed by atoms with Crippen LogP contribution >= 0.6 is 24.8 Å². The molecule has 0 bridgehead atoms. The molecule has 4 nitrogen and oxygen atoms in total. The van der Waals surface area contributed by atoms with Gasteiger partial charge in [-0.25, -0.2) is 9.37 Å². The Morgan fingerprint density at radius 2 is 1.70 bits per heavy atom. The van der Waals surface area contributed by atoms with Crippen LogP contribution in [0, 0.1) is 5.82 Å². The molecule has 1 heterocycles. The predicted molar refractivity (Wildman–Crippen MR) is 112 cm³/mol. The number of pyridine rings is 1. The van der Waals surface area contributed by atoms with Crippen LogP contribution < -0.4 is 5.32 Å². The maximum Gasteiger partial charge on any atom is 0.198 e. The van der Waals surface area contributed by atoms with Crippen molar-refractivity contribution in [1.29, 1.82) is 0 Å². The normalized spacial score (nSPS) is 12.9. The number of fused-ring (bicyclic) bond motifs is 5. The molecule has 2 aromatic carbocycles. The fourth-order valence-electron chi connectivity index (χ4n) is 3.20. The molecule has 0 spiro atoms. The number of nitrogens with one attached hydrogen (secondary N) is 1. The van der Waals surface area contributed by atoms with Crippen LogP contribution in [0.5, 0.6) is 0 Å². The third kappa shape index (κ3) is 3.38. The zero-order chi connectivity index (χ0) is 17.7. The van der Waals surface area contributed by atoms with Gasteiger partial charge in [0.25, 0.3) is 0 Å². The van der Waals surface area contributed by atoms with E-state index in [1.807, 2.05) is 50.2 Å². The third-order valence-corrected chi connectivity index (χ3v) is 4.74. The molecule has 142 valence electrons. The number of halogens is 3. The summed E-state index contributed by atoms with van der Waals surface area (Å²) < 4.78 is 13.7. The van der Waals surface area contributed by atoms with Crippen LogP contribution in [0.2, 0.25) is 0 Å². The summed E-state index contributed by atoms with van der Waals surface area (Å²) in [6.07, 6.45) is -0.0286. The lowest BCUT2D eigenvalue weighted by Crippen LogP contribution is -2.33. The van der Waals surface area contributed by atoms with Crippen molar-refractivity contribution in [2.24, 2.45) is 0 Å². The van der Waals surface area contributed by atoms with E-state index in [4.69, 9.17) is 0 Å². The van der Waals surface area contributed by atoms with Crippen LogP contribution in [0.25, 0.3) is 22.0 Å². The molecule has 4 rings (SSSR count). The lowest BCUT2D eigenvalue weighted by atomic mass is 10.0. The molecule has 1 N–H and O–H groups in total. The highest BCUT2D eigenvalue weighted by atomic mass is 35.5. The summed E-state index contributed by atoms with van der Waals surface area (Å²) in [6.45, 7) is 1.98. The number of rotatable bonds is 3. The maximum absolute atomic E-state index is 13.7. The van der Waals surface area contributed by atoms with Crippen molar-refractivity contribution in [3.63, 3.8) is 0 Å². The van der Waals surface area contributed by atoms with Crippen LogP contribution in [0.1, 0.15) is 22.8 Å². The first-order chi connectivity index (χ1) is 12.0. The summed E-state index contributed by atoms with van der Waals surface area (Å²) in [5.41, 5.74) is 3.48. The van der Waals surface area contributed by atoms with E-state index in [0.29, 0.717) is 22.5 Å². The monoisotopic (exact) mass is 407 g/mol. The van der Waals surface area contributed by atoms with Gasteiger partial charge in [0.2, 0.25) is 0 Å². The molecule has 0 amide bonds. The molecule has 27 heavy (non-hydrogen) atoms. The van der Waals surface area contributed by atoms with Crippen LogP contribution in [0.15, 0.2) is 42.5 Å². The Labute approximate surface area is 169 Å². The fourth-order valence-corrected chi connectivity index (χ4v) is 3.20. The van der Waals surface area contributed by atoms with Gasteiger partial charge in [-0.15, -0.1) is 24.8 Å². The van der Waals surface area contributed by atoms with Crippen molar-refractivity contribution >= 4 is 47.3 Å². The summed E-state index contributed by atoms with van der Waals surface area (Å²) in [5.74, 6) is 0.109. The highest BCUT2D eigenvalue weighted by Gasteiger charge is 2.32. The minimum absolute atomic E-state index is 0. The molecule has 0 saturated heterocycles. The summed E-state index contributed by atoms with van der Waals surface area (Å²) in [4.78, 5) is 19.6. The SMILES string of the molecule is CC(Nc1nc2cc(F)ccc2c2c1C(=O)c1ccccc1-2)N(C)C.Cl.Cl. The molecular weight excluding hydrogens is 388 g/mol. The molecule has 1 unspecified atom stereocenters. The lowest BCUT2D eigenvalue weighted by molar-refractivity contribution is 0.104. The molecule has 0 saturated carbocycles. The number of anilines is 1. The van der Waals surface area contributed by atoms with Gasteiger partial charge in [0.05, 0.1) is 17.2 Å². The maximum atomic E-state index is 13.7. The van der Waals surface area contributed by atoms with Gasteiger partial charge in [0.15, 0.2) is 5.78 Å². The predicted octanol–water partition coefficient (Wildman–Crippen LogP) is 4.75. The van der Waals surface area contributed by atoms with Gasteiger partial charge < -0.3 is 5.32 Å². The number of aromatic nitrogens is 1. The van der Waals surface area contributed by atoms with Crippen LogP contribution in [-0.2, 0) is 0 Å². The molecule has 0 fully saturated rings. The Hall–Kier alpha value is -2.21. The number of ketones is 1. The minimum Gasteiger partial charge on any atom is -0.354 e. The van der Waals surface area contributed by atoms with Gasteiger partial charge in [0, 0.05) is 22.6 Å². The smallest absolute Gasteiger partial charge is 0.198 e. The molecule has 1 aromatic heterocycles. The fraction of sp³-hybridized carbons (Fsp3) is 0.200. The Kier molecular flexibility index (Phi) is 6.10. The second-order valence-electron chi connectivity index (χ2n) is 6.53. The van der Waals surface area contributed by atoms with Crippen molar-refractivity contribution in [2.75, 3.05) is 19.4 Å². The van der Waals surface area contributed by atoms with E-state index < -0.39 is 0 Å². The Bertz CT molecular complexity index is 1020. The molecule has 1 aliphatic carbocycles. The Morgan fingerprint density at radius 1 is 1.04 bits per heavy atom. The van der Waals surface area contributed by atoms with E-state index in [2.05, 4.69) is 10.3 Å². The molecule has 0 radical (unpaired) electrons. The second-order valence-corrected chi connectivity index (χ2v) is 6.53. The van der Waals surface area contributed by atoms with Crippen LogP contribution in [-0.4, -0.2) is 35.9 Å². The molecule has 0 aliphatic heterocycles. The van der Waals surface area contributed by atoms with Crippen LogP contribution in [0.4, 0.5) is 10.2 Å². The number of hydrogen-bond donors (Lipinski definition) is 1. The zero-order valence-electron chi connectivity index (χ0n) is 15.1. The summed E-state index contributed by atoms with van der Waals surface area (Å²) in [7, 11) is 3.88. The first-order valence-electron chi connectivity index (χ1n) is 8.17. The third-order valence-electron chi connectivity index (χ3n) is 4.74. The van der Waals surface area contributed by atoms with E-state index in [0.717, 1.165) is 16.5 Å². The van der Waals surface area contributed by atoms with Gasteiger partial charge >= 0.3 is 0 Å². The van der Waals surface area contributed by atoms with E-state index in [1.54, 1.807) is 6.07 Å². The minimum atomic E-state index is -0.343. The van der Waals surface area contributed by atoms with Gasteiger partial charge in [-0.3, -0.25) is 9.69 Å². The summed E-state index contributed by atoms with van der Waals surface area (Å²) >= 11 is 0. The number of nitrogens with zero attached hydrogens (tertiary/aromatic N) is 2. The first kappa shape index (κ1) is 21.1.